The van der Waals surface area contributed by atoms with Crippen molar-refractivity contribution in [2.45, 2.75) is 44.0 Å². The number of carbonyl (C=O) groups excluding carboxylic acids is 1. The summed E-state index contributed by atoms with van der Waals surface area (Å²) in [6.45, 7) is 6.56. The van der Waals surface area contributed by atoms with Gasteiger partial charge in [-0.2, -0.15) is 0 Å². The molecule has 0 unspecified atom stereocenters. The summed E-state index contributed by atoms with van der Waals surface area (Å²) in [6.07, 6.45) is 4.01. The molecule has 32 heavy (non-hydrogen) atoms. The van der Waals surface area contributed by atoms with Crippen LogP contribution in [0.15, 0.2) is 41.3 Å². The molecule has 4 rings (SSSR count). The van der Waals surface area contributed by atoms with E-state index in [-0.39, 0.29) is 5.91 Å². The number of amides is 1. The van der Waals surface area contributed by atoms with Crippen LogP contribution in [0.2, 0.25) is 0 Å². The second-order valence-corrected chi connectivity index (χ2v) is 10.2. The van der Waals surface area contributed by atoms with Crippen LogP contribution in [0.4, 0.5) is 5.69 Å². The number of likely N-dealkylation sites (tertiary alicyclic amines) is 1. The highest BCUT2D eigenvalue weighted by Crippen LogP contribution is 2.31. The Morgan fingerprint density at radius 2 is 1.97 bits per heavy atom. The van der Waals surface area contributed by atoms with E-state index in [9.17, 15) is 4.79 Å². The first-order valence-electron chi connectivity index (χ1n) is 11.7. The molecule has 6 heteroatoms. The van der Waals surface area contributed by atoms with Crippen LogP contribution in [0.1, 0.15) is 36.0 Å². The fourth-order valence-electron chi connectivity index (χ4n) is 4.75. The van der Waals surface area contributed by atoms with Crippen LogP contribution in [0, 0.1) is 12.8 Å². The highest BCUT2D eigenvalue weighted by atomic mass is 32.2. The summed E-state index contributed by atoms with van der Waals surface area (Å²) < 4.78 is 5.38. The molecule has 2 aliphatic rings. The number of carbonyl (C=O) groups is 1. The van der Waals surface area contributed by atoms with Gasteiger partial charge in [-0.1, -0.05) is 12.1 Å². The molecule has 0 spiro atoms. The van der Waals surface area contributed by atoms with Crippen molar-refractivity contribution < 1.29 is 9.53 Å². The van der Waals surface area contributed by atoms with Crippen LogP contribution in [-0.2, 0) is 17.8 Å². The van der Waals surface area contributed by atoms with Gasteiger partial charge in [0.1, 0.15) is 5.75 Å². The molecule has 2 N–H and O–H groups in total. The molecular formula is C26H35N3O2S. The summed E-state index contributed by atoms with van der Waals surface area (Å²) >= 11 is 1.83. The molecule has 0 atom stereocenters. The van der Waals surface area contributed by atoms with Gasteiger partial charge in [0.2, 0.25) is 5.91 Å². The number of nitrogen functional groups attached to an aromatic ring is 1. The molecular weight excluding hydrogens is 418 g/mol. The average Bonchev–Trinajstić information content (AvgIpc) is 3.02. The standard InChI is InChI=1S/C26H35N3O2S/c1-19-3-4-21(24(27)15-19)16-20-7-10-28(11-8-20)12-9-26(30)29-13-14-32-25-6-5-23(31-2)17-22(25)18-29/h3-6,15,17,20H,7-14,16,18,27H2,1-2H3. The molecule has 0 aromatic heterocycles. The minimum absolute atomic E-state index is 0.260. The van der Waals surface area contributed by atoms with E-state index in [1.165, 1.54) is 34.4 Å². The summed E-state index contributed by atoms with van der Waals surface area (Å²) in [5.41, 5.74) is 10.8. The van der Waals surface area contributed by atoms with E-state index in [0.717, 1.165) is 49.8 Å². The van der Waals surface area contributed by atoms with Gasteiger partial charge in [0.15, 0.2) is 0 Å². The van der Waals surface area contributed by atoms with E-state index in [1.807, 2.05) is 22.7 Å². The van der Waals surface area contributed by atoms with Gasteiger partial charge in [-0.3, -0.25) is 4.79 Å². The zero-order chi connectivity index (χ0) is 22.5. The monoisotopic (exact) mass is 453 g/mol. The lowest BCUT2D eigenvalue weighted by molar-refractivity contribution is -0.132. The first-order valence-corrected chi connectivity index (χ1v) is 12.6. The van der Waals surface area contributed by atoms with Crippen molar-refractivity contribution in [3.63, 3.8) is 0 Å². The number of hydrogen-bond acceptors (Lipinski definition) is 5. The van der Waals surface area contributed by atoms with Crippen molar-refractivity contribution in [3.05, 3.63) is 53.1 Å². The number of methoxy groups -OCH3 is 1. The molecule has 0 radical (unpaired) electrons. The highest BCUT2D eigenvalue weighted by Gasteiger charge is 2.23. The second kappa shape index (κ2) is 10.6. The third-order valence-electron chi connectivity index (χ3n) is 6.76. The van der Waals surface area contributed by atoms with Gasteiger partial charge in [0.05, 0.1) is 7.11 Å². The third kappa shape index (κ3) is 5.78. The van der Waals surface area contributed by atoms with Crippen LogP contribution in [0.3, 0.4) is 0 Å². The molecule has 1 amide bonds. The molecule has 5 nitrogen and oxygen atoms in total. The van der Waals surface area contributed by atoms with Crippen molar-refractivity contribution in [1.82, 2.24) is 9.80 Å². The SMILES string of the molecule is COc1ccc2c(c1)CN(C(=O)CCN1CCC(Cc3ccc(C)cc3N)CC1)CCS2. The molecule has 2 aromatic rings. The number of thioether (sulfide) groups is 1. The quantitative estimate of drug-likeness (QED) is 0.659. The Hall–Kier alpha value is -2.18. The maximum Gasteiger partial charge on any atom is 0.224 e. The molecule has 2 aliphatic heterocycles. The number of hydrogen-bond donors (Lipinski definition) is 1. The lowest BCUT2D eigenvalue weighted by atomic mass is 9.89. The smallest absolute Gasteiger partial charge is 0.224 e. The Kier molecular flexibility index (Phi) is 7.63. The molecule has 0 saturated carbocycles. The van der Waals surface area contributed by atoms with Crippen LogP contribution < -0.4 is 10.5 Å². The number of aryl methyl sites for hydroxylation is 1. The fraction of sp³-hybridized carbons (Fsp3) is 0.500. The lowest BCUT2D eigenvalue weighted by Gasteiger charge is -2.32. The number of benzene rings is 2. The van der Waals surface area contributed by atoms with Crippen molar-refractivity contribution in [2.75, 3.05) is 44.8 Å². The van der Waals surface area contributed by atoms with Crippen LogP contribution in [-0.4, -0.2) is 54.7 Å². The zero-order valence-electron chi connectivity index (χ0n) is 19.3. The van der Waals surface area contributed by atoms with Crippen LogP contribution in [0.25, 0.3) is 0 Å². The van der Waals surface area contributed by atoms with E-state index in [2.05, 4.69) is 42.2 Å². The molecule has 2 aromatic carbocycles. The number of nitrogens with two attached hydrogens (primary N) is 1. The molecule has 2 heterocycles. The molecule has 0 bridgehead atoms. The van der Waals surface area contributed by atoms with Gasteiger partial charge >= 0.3 is 0 Å². The van der Waals surface area contributed by atoms with Gasteiger partial charge in [-0.25, -0.2) is 0 Å². The molecule has 1 saturated heterocycles. The van der Waals surface area contributed by atoms with Crippen molar-refractivity contribution in [1.29, 1.82) is 0 Å². The highest BCUT2D eigenvalue weighted by molar-refractivity contribution is 7.99. The first-order chi connectivity index (χ1) is 15.5. The topological polar surface area (TPSA) is 58.8 Å². The molecule has 0 aliphatic carbocycles. The van der Waals surface area contributed by atoms with E-state index >= 15 is 0 Å². The number of rotatable bonds is 6. The Morgan fingerprint density at radius 1 is 1.16 bits per heavy atom. The predicted molar refractivity (Wildman–Crippen MR) is 132 cm³/mol. The number of nitrogens with zero attached hydrogens (tertiary/aromatic N) is 2. The Morgan fingerprint density at radius 3 is 2.72 bits per heavy atom. The van der Waals surface area contributed by atoms with Crippen molar-refractivity contribution in [2.24, 2.45) is 5.92 Å². The maximum atomic E-state index is 13.0. The number of ether oxygens (including phenoxy) is 1. The van der Waals surface area contributed by atoms with E-state index < -0.39 is 0 Å². The fourth-order valence-corrected chi connectivity index (χ4v) is 5.75. The Bertz CT molecular complexity index is 941. The zero-order valence-corrected chi connectivity index (χ0v) is 20.1. The molecule has 1 fully saturated rings. The normalized spacial score (nSPS) is 17.6. The van der Waals surface area contributed by atoms with E-state index in [0.29, 0.717) is 18.9 Å². The summed E-state index contributed by atoms with van der Waals surface area (Å²) in [4.78, 5) is 18.7. The third-order valence-corrected chi connectivity index (χ3v) is 7.86. The summed E-state index contributed by atoms with van der Waals surface area (Å²) in [5.74, 6) is 2.74. The summed E-state index contributed by atoms with van der Waals surface area (Å²) in [7, 11) is 1.69. The summed E-state index contributed by atoms with van der Waals surface area (Å²) in [6, 6.07) is 12.6. The first kappa shape index (κ1) is 23.0. The maximum absolute atomic E-state index is 13.0. The van der Waals surface area contributed by atoms with Gasteiger partial charge in [0, 0.05) is 42.4 Å². The van der Waals surface area contributed by atoms with Crippen molar-refractivity contribution >= 4 is 23.4 Å². The van der Waals surface area contributed by atoms with E-state index in [4.69, 9.17) is 10.5 Å². The van der Waals surface area contributed by atoms with Gasteiger partial charge in [-0.15, -0.1) is 11.8 Å². The van der Waals surface area contributed by atoms with Gasteiger partial charge < -0.3 is 20.3 Å². The molecule has 172 valence electrons. The number of fused-ring (bicyclic) bond motifs is 1. The Balaban J connectivity index is 1.24. The minimum Gasteiger partial charge on any atom is -0.497 e. The predicted octanol–water partition coefficient (Wildman–Crippen LogP) is 4.36. The minimum atomic E-state index is 0.260. The Labute approximate surface area is 196 Å². The van der Waals surface area contributed by atoms with Gasteiger partial charge in [-0.05, 0) is 86.1 Å². The van der Waals surface area contributed by atoms with Crippen LogP contribution >= 0.6 is 11.8 Å². The lowest BCUT2D eigenvalue weighted by Crippen LogP contribution is -2.38. The second-order valence-electron chi connectivity index (χ2n) is 9.08. The number of piperidine rings is 1. The van der Waals surface area contributed by atoms with Gasteiger partial charge in [0.25, 0.3) is 0 Å². The van der Waals surface area contributed by atoms with Crippen LogP contribution in [0.5, 0.6) is 5.75 Å². The average molecular weight is 454 g/mol. The van der Waals surface area contributed by atoms with Crippen molar-refractivity contribution in [3.8, 4) is 5.75 Å². The van der Waals surface area contributed by atoms with E-state index in [1.54, 1.807) is 7.11 Å². The largest absolute Gasteiger partial charge is 0.497 e. The summed E-state index contributed by atoms with van der Waals surface area (Å²) in [5, 5.41) is 0. The number of anilines is 1.